The minimum atomic E-state index is 0.689. The lowest BCUT2D eigenvalue weighted by Gasteiger charge is -2.15. The second-order valence-electron chi connectivity index (χ2n) is 4.58. The number of methoxy groups -OCH3 is 2. The predicted molar refractivity (Wildman–Crippen MR) is 79.2 cm³/mol. The van der Waals surface area contributed by atoms with E-state index in [1.807, 2.05) is 30.3 Å². The maximum atomic E-state index is 6.22. The van der Waals surface area contributed by atoms with Gasteiger partial charge >= 0.3 is 0 Å². The third kappa shape index (κ3) is 2.08. The smallest absolute Gasteiger partial charge is 0.168 e. The van der Waals surface area contributed by atoms with Gasteiger partial charge in [-0.2, -0.15) is 0 Å². The van der Waals surface area contributed by atoms with E-state index in [-0.39, 0.29) is 0 Å². The van der Waals surface area contributed by atoms with Crippen LogP contribution in [0.4, 0.5) is 0 Å². The third-order valence-electron chi connectivity index (χ3n) is 3.44. The molecule has 0 saturated heterocycles. The Morgan fingerprint density at radius 2 is 1.95 bits per heavy atom. The van der Waals surface area contributed by atoms with Crippen molar-refractivity contribution >= 4 is 11.6 Å². The maximum Gasteiger partial charge on any atom is 0.168 e. The Morgan fingerprint density at radius 1 is 1.10 bits per heavy atom. The van der Waals surface area contributed by atoms with Crippen LogP contribution in [0.1, 0.15) is 5.56 Å². The molecule has 1 aliphatic heterocycles. The predicted octanol–water partition coefficient (Wildman–Crippen LogP) is 3.96. The zero-order chi connectivity index (χ0) is 14.1. The lowest BCUT2D eigenvalue weighted by Crippen LogP contribution is -1.95. The molecule has 0 radical (unpaired) electrons. The van der Waals surface area contributed by atoms with E-state index in [1.54, 1.807) is 14.2 Å². The highest BCUT2D eigenvalue weighted by molar-refractivity contribution is 6.31. The molecule has 4 heteroatoms. The number of rotatable bonds is 3. The van der Waals surface area contributed by atoms with Crippen molar-refractivity contribution in [3.05, 3.63) is 40.9 Å². The van der Waals surface area contributed by atoms with Crippen LogP contribution in [0.15, 0.2) is 30.3 Å². The van der Waals surface area contributed by atoms with Gasteiger partial charge in [0.2, 0.25) is 0 Å². The van der Waals surface area contributed by atoms with Crippen molar-refractivity contribution in [1.82, 2.24) is 0 Å². The largest absolute Gasteiger partial charge is 0.493 e. The molecule has 0 aliphatic carbocycles. The normalized spacial score (nSPS) is 12.8. The fourth-order valence-electron chi connectivity index (χ4n) is 2.57. The molecule has 2 aromatic carbocycles. The van der Waals surface area contributed by atoms with Crippen molar-refractivity contribution in [2.24, 2.45) is 0 Å². The zero-order valence-electron chi connectivity index (χ0n) is 11.4. The van der Waals surface area contributed by atoms with E-state index in [4.69, 9.17) is 25.8 Å². The quantitative estimate of drug-likeness (QED) is 0.856. The topological polar surface area (TPSA) is 27.7 Å². The molecular formula is C16H15ClO3. The number of para-hydroxylation sites is 1. The molecule has 104 valence electrons. The molecule has 0 spiro atoms. The first-order chi connectivity index (χ1) is 9.74. The second kappa shape index (κ2) is 5.25. The SMILES string of the molecule is COc1cccc(-c2cc(Cl)cc3c2OCC3)c1OC. The number of benzene rings is 2. The molecule has 0 atom stereocenters. The molecule has 1 aliphatic rings. The minimum absolute atomic E-state index is 0.689. The van der Waals surface area contributed by atoms with Gasteiger partial charge in [-0.1, -0.05) is 23.7 Å². The van der Waals surface area contributed by atoms with E-state index in [2.05, 4.69) is 0 Å². The van der Waals surface area contributed by atoms with Crippen LogP contribution in [-0.4, -0.2) is 20.8 Å². The van der Waals surface area contributed by atoms with Crippen LogP contribution >= 0.6 is 11.6 Å². The number of hydrogen-bond acceptors (Lipinski definition) is 3. The van der Waals surface area contributed by atoms with Gasteiger partial charge in [0.15, 0.2) is 11.5 Å². The average molecular weight is 291 g/mol. The number of hydrogen-bond donors (Lipinski definition) is 0. The maximum absolute atomic E-state index is 6.22. The second-order valence-corrected chi connectivity index (χ2v) is 5.02. The monoisotopic (exact) mass is 290 g/mol. The third-order valence-corrected chi connectivity index (χ3v) is 3.66. The highest BCUT2D eigenvalue weighted by Gasteiger charge is 2.22. The van der Waals surface area contributed by atoms with E-state index in [0.717, 1.165) is 28.9 Å². The standard InChI is InChI=1S/C16H15ClO3/c1-18-14-5-3-4-12(16(14)19-2)13-9-11(17)8-10-6-7-20-15(10)13/h3-5,8-9H,6-7H2,1-2H3. The van der Waals surface area contributed by atoms with Crippen LogP contribution < -0.4 is 14.2 Å². The van der Waals surface area contributed by atoms with Crippen molar-refractivity contribution in [1.29, 1.82) is 0 Å². The zero-order valence-corrected chi connectivity index (χ0v) is 12.2. The Bertz CT molecular complexity index is 652. The van der Waals surface area contributed by atoms with Gasteiger partial charge < -0.3 is 14.2 Å². The molecule has 0 bridgehead atoms. The minimum Gasteiger partial charge on any atom is -0.493 e. The first-order valence-electron chi connectivity index (χ1n) is 6.41. The molecule has 3 nitrogen and oxygen atoms in total. The summed E-state index contributed by atoms with van der Waals surface area (Å²) in [6, 6.07) is 9.64. The van der Waals surface area contributed by atoms with E-state index >= 15 is 0 Å². The Labute approximate surface area is 123 Å². The van der Waals surface area contributed by atoms with Crippen LogP contribution in [0.2, 0.25) is 5.02 Å². The molecule has 2 aromatic rings. The van der Waals surface area contributed by atoms with Gasteiger partial charge in [0.1, 0.15) is 5.75 Å². The fourth-order valence-corrected chi connectivity index (χ4v) is 2.81. The Morgan fingerprint density at radius 3 is 2.70 bits per heavy atom. The molecule has 0 aromatic heterocycles. The number of fused-ring (bicyclic) bond motifs is 1. The van der Waals surface area contributed by atoms with Crippen LogP contribution in [-0.2, 0) is 6.42 Å². The summed E-state index contributed by atoms with van der Waals surface area (Å²) < 4.78 is 16.6. The lowest BCUT2D eigenvalue weighted by molar-refractivity contribution is 0.352. The molecular weight excluding hydrogens is 276 g/mol. The Balaban J connectivity index is 2.24. The highest BCUT2D eigenvalue weighted by atomic mass is 35.5. The molecule has 1 heterocycles. The van der Waals surface area contributed by atoms with Crippen LogP contribution in [0.3, 0.4) is 0 Å². The van der Waals surface area contributed by atoms with Gasteiger partial charge in [-0.25, -0.2) is 0 Å². The van der Waals surface area contributed by atoms with Crippen LogP contribution in [0.5, 0.6) is 17.2 Å². The van der Waals surface area contributed by atoms with Crippen molar-refractivity contribution in [3.8, 4) is 28.4 Å². The Kier molecular flexibility index (Phi) is 3.45. The summed E-state index contributed by atoms with van der Waals surface area (Å²) in [5, 5.41) is 0.703. The molecule has 0 fully saturated rings. The van der Waals surface area contributed by atoms with E-state index in [0.29, 0.717) is 23.1 Å². The van der Waals surface area contributed by atoms with E-state index in [9.17, 15) is 0 Å². The molecule has 0 amide bonds. The summed E-state index contributed by atoms with van der Waals surface area (Å²) in [5.41, 5.74) is 3.01. The van der Waals surface area contributed by atoms with Gasteiger partial charge in [-0.3, -0.25) is 0 Å². The first kappa shape index (κ1) is 13.1. The summed E-state index contributed by atoms with van der Waals surface area (Å²) in [6.07, 6.45) is 0.884. The average Bonchev–Trinajstić information content (AvgIpc) is 2.93. The summed E-state index contributed by atoms with van der Waals surface area (Å²) >= 11 is 6.22. The van der Waals surface area contributed by atoms with Crippen molar-refractivity contribution in [3.63, 3.8) is 0 Å². The highest BCUT2D eigenvalue weighted by Crippen LogP contribution is 2.45. The van der Waals surface area contributed by atoms with Crippen molar-refractivity contribution in [2.75, 3.05) is 20.8 Å². The lowest BCUT2D eigenvalue weighted by atomic mass is 10.00. The van der Waals surface area contributed by atoms with Gasteiger partial charge in [-0.05, 0) is 23.8 Å². The summed E-state index contributed by atoms with van der Waals surface area (Å²) in [7, 11) is 3.26. The number of halogens is 1. The van der Waals surface area contributed by atoms with E-state index < -0.39 is 0 Å². The molecule has 0 unspecified atom stereocenters. The number of ether oxygens (including phenoxy) is 3. The molecule has 0 N–H and O–H groups in total. The van der Waals surface area contributed by atoms with E-state index in [1.165, 1.54) is 0 Å². The fraction of sp³-hybridized carbons (Fsp3) is 0.250. The molecule has 0 saturated carbocycles. The summed E-state index contributed by atoms with van der Waals surface area (Å²) in [6.45, 7) is 0.689. The molecule has 20 heavy (non-hydrogen) atoms. The van der Waals surface area contributed by atoms with Gasteiger partial charge in [0.05, 0.1) is 20.8 Å². The van der Waals surface area contributed by atoms with Gasteiger partial charge in [-0.15, -0.1) is 0 Å². The van der Waals surface area contributed by atoms with Crippen LogP contribution in [0.25, 0.3) is 11.1 Å². The van der Waals surface area contributed by atoms with Gasteiger partial charge in [0, 0.05) is 22.6 Å². The summed E-state index contributed by atoms with van der Waals surface area (Å²) in [5.74, 6) is 2.27. The van der Waals surface area contributed by atoms with Crippen molar-refractivity contribution < 1.29 is 14.2 Å². The van der Waals surface area contributed by atoms with Crippen LogP contribution in [0, 0.1) is 0 Å². The van der Waals surface area contributed by atoms with Crippen molar-refractivity contribution in [2.45, 2.75) is 6.42 Å². The molecule has 3 rings (SSSR count). The first-order valence-corrected chi connectivity index (χ1v) is 6.79. The summed E-state index contributed by atoms with van der Waals surface area (Å²) in [4.78, 5) is 0. The Hall–Kier alpha value is -1.87. The van der Waals surface area contributed by atoms with Gasteiger partial charge in [0.25, 0.3) is 0 Å².